The highest BCUT2D eigenvalue weighted by molar-refractivity contribution is 7.89. The summed E-state index contributed by atoms with van der Waals surface area (Å²) in [6.45, 7) is 6.74. The minimum Gasteiger partial charge on any atom is -0.360 e. The highest BCUT2D eigenvalue weighted by Gasteiger charge is 2.30. The quantitative estimate of drug-likeness (QED) is 0.837. The maximum Gasteiger partial charge on any atom is 0.246 e. The van der Waals surface area contributed by atoms with Crippen molar-refractivity contribution in [3.05, 3.63) is 11.5 Å². The highest BCUT2D eigenvalue weighted by Crippen LogP contribution is 2.21. The van der Waals surface area contributed by atoms with Crippen molar-refractivity contribution in [2.24, 2.45) is 0 Å². The van der Waals surface area contributed by atoms with Gasteiger partial charge in [-0.1, -0.05) is 5.16 Å². The Bertz CT molecular complexity index is 474. The molecule has 0 radical (unpaired) electrons. The Morgan fingerprint density at radius 3 is 2.41 bits per heavy atom. The van der Waals surface area contributed by atoms with E-state index in [1.54, 1.807) is 27.7 Å². The number of aryl methyl sites for hydroxylation is 2. The third-order valence-electron chi connectivity index (χ3n) is 2.37. The van der Waals surface area contributed by atoms with Crippen molar-refractivity contribution in [2.45, 2.75) is 44.6 Å². The summed E-state index contributed by atoms with van der Waals surface area (Å²) >= 11 is 5.64. The molecule has 0 unspecified atom stereocenters. The van der Waals surface area contributed by atoms with Gasteiger partial charge in [-0.05, 0) is 34.1 Å². The van der Waals surface area contributed by atoms with Gasteiger partial charge in [-0.15, -0.1) is 11.6 Å². The Labute approximate surface area is 107 Å². The summed E-state index contributed by atoms with van der Waals surface area (Å²) < 4.78 is 31.8. The largest absolute Gasteiger partial charge is 0.360 e. The fourth-order valence-corrected chi connectivity index (χ4v) is 3.81. The van der Waals surface area contributed by atoms with Gasteiger partial charge in [0.1, 0.15) is 10.6 Å². The van der Waals surface area contributed by atoms with Crippen LogP contribution < -0.4 is 4.72 Å². The summed E-state index contributed by atoms with van der Waals surface area (Å²) in [5.41, 5.74) is -0.242. The number of hydrogen-bond donors (Lipinski definition) is 1. The molecule has 1 aromatic heterocycles. The van der Waals surface area contributed by atoms with E-state index in [1.807, 2.05) is 0 Å². The van der Waals surface area contributed by atoms with Crippen LogP contribution in [0, 0.1) is 13.8 Å². The minimum absolute atomic E-state index is 0.111. The first-order valence-electron chi connectivity index (χ1n) is 5.22. The molecule has 0 saturated heterocycles. The second-order valence-electron chi connectivity index (χ2n) is 4.58. The third-order valence-corrected chi connectivity index (χ3v) is 4.50. The van der Waals surface area contributed by atoms with Crippen LogP contribution in [0.1, 0.15) is 31.7 Å². The molecule has 7 heteroatoms. The van der Waals surface area contributed by atoms with Crippen LogP contribution in [-0.2, 0) is 10.0 Å². The Hall–Kier alpha value is -0.590. The van der Waals surface area contributed by atoms with Crippen LogP contribution in [0.5, 0.6) is 0 Å². The van der Waals surface area contributed by atoms with Crippen LogP contribution >= 0.6 is 11.6 Å². The number of alkyl halides is 1. The van der Waals surface area contributed by atoms with Crippen molar-refractivity contribution in [2.75, 3.05) is 5.88 Å². The van der Waals surface area contributed by atoms with Crippen LogP contribution in [0.25, 0.3) is 0 Å². The predicted molar refractivity (Wildman–Crippen MR) is 65.7 cm³/mol. The van der Waals surface area contributed by atoms with Crippen LogP contribution in [0.4, 0.5) is 0 Å². The number of sulfonamides is 1. The molecule has 0 aliphatic heterocycles. The van der Waals surface area contributed by atoms with Gasteiger partial charge in [0, 0.05) is 11.4 Å². The van der Waals surface area contributed by atoms with E-state index in [-0.39, 0.29) is 10.7 Å². The number of aromatic nitrogens is 1. The van der Waals surface area contributed by atoms with Crippen LogP contribution in [0.3, 0.4) is 0 Å². The molecule has 0 bridgehead atoms. The molecule has 1 N–H and O–H groups in total. The van der Waals surface area contributed by atoms with Crippen LogP contribution in [0.15, 0.2) is 9.42 Å². The number of nitrogens with zero attached hydrogens (tertiary/aromatic N) is 1. The molecule has 17 heavy (non-hydrogen) atoms. The molecule has 0 aromatic carbocycles. The predicted octanol–water partition coefficient (Wildman–Crippen LogP) is 1.98. The first kappa shape index (κ1) is 14.5. The molecule has 0 spiro atoms. The van der Waals surface area contributed by atoms with Gasteiger partial charge in [0.25, 0.3) is 0 Å². The van der Waals surface area contributed by atoms with Gasteiger partial charge in [0.2, 0.25) is 10.0 Å². The zero-order chi connectivity index (χ0) is 13.3. The van der Waals surface area contributed by atoms with Crippen LogP contribution in [-0.4, -0.2) is 25.0 Å². The molecule has 1 aromatic rings. The molecule has 1 heterocycles. The van der Waals surface area contributed by atoms with Gasteiger partial charge < -0.3 is 4.52 Å². The fraction of sp³-hybridized carbons (Fsp3) is 0.700. The molecule has 0 atom stereocenters. The molecule has 0 saturated carbocycles. The van der Waals surface area contributed by atoms with Gasteiger partial charge in [-0.25, -0.2) is 13.1 Å². The summed E-state index contributed by atoms with van der Waals surface area (Å²) in [7, 11) is -3.62. The molecule has 0 fully saturated rings. The zero-order valence-electron chi connectivity index (χ0n) is 10.4. The van der Waals surface area contributed by atoms with E-state index in [1.165, 1.54) is 0 Å². The second kappa shape index (κ2) is 4.96. The van der Waals surface area contributed by atoms with E-state index in [0.29, 0.717) is 18.0 Å². The van der Waals surface area contributed by atoms with E-state index in [2.05, 4.69) is 9.88 Å². The summed E-state index contributed by atoms with van der Waals surface area (Å²) in [6, 6.07) is 0. The number of nitrogens with one attached hydrogen (secondary N) is 1. The zero-order valence-corrected chi connectivity index (χ0v) is 11.9. The van der Waals surface area contributed by atoms with E-state index in [0.717, 1.165) is 0 Å². The van der Waals surface area contributed by atoms with Gasteiger partial charge in [-0.2, -0.15) is 0 Å². The maximum absolute atomic E-state index is 12.2. The highest BCUT2D eigenvalue weighted by atomic mass is 35.5. The molecular weight excluding hydrogens is 264 g/mol. The summed E-state index contributed by atoms with van der Waals surface area (Å²) in [6.07, 6.45) is 0.539. The number of rotatable bonds is 5. The summed E-state index contributed by atoms with van der Waals surface area (Å²) in [5.74, 6) is 0.675. The van der Waals surface area contributed by atoms with Crippen molar-refractivity contribution >= 4 is 21.6 Å². The molecule has 5 nitrogen and oxygen atoms in total. The SMILES string of the molecule is Cc1noc(C)c1S(=O)(=O)NC(C)(C)CCCl. The number of hydrogen-bond acceptors (Lipinski definition) is 4. The number of halogens is 1. The Kier molecular flexibility index (Phi) is 4.22. The van der Waals surface area contributed by atoms with Gasteiger partial charge in [0.05, 0.1) is 0 Å². The average molecular weight is 281 g/mol. The first-order chi connectivity index (χ1) is 7.69. The van der Waals surface area contributed by atoms with Crippen LogP contribution in [0.2, 0.25) is 0 Å². The second-order valence-corrected chi connectivity index (χ2v) is 6.58. The Morgan fingerprint density at radius 1 is 1.41 bits per heavy atom. The van der Waals surface area contributed by atoms with Gasteiger partial charge >= 0.3 is 0 Å². The monoisotopic (exact) mass is 280 g/mol. The molecular formula is C10H17ClN2O3S. The fourth-order valence-electron chi connectivity index (χ4n) is 1.56. The standard InChI is InChI=1S/C10H17ClN2O3S/c1-7-9(8(2)16-12-7)17(14,15)13-10(3,4)5-6-11/h13H,5-6H2,1-4H3. The van der Waals surface area contributed by atoms with E-state index >= 15 is 0 Å². The summed E-state index contributed by atoms with van der Waals surface area (Å²) in [4.78, 5) is 0.111. The van der Waals surface area contributed by atoms with E-state index < -0.39 is 15.6 Å². The van der Waals surface area contributed by atoms with Gasteiger partial charge in [-0.3, -0.25) is 0 Å². The summed E-state index contributed by atoms with van der Waals surface area (Å²) in [5, 5.41) is 3.64. The van der Waals surface area contributed by atoms with Crippen molar-refractivity contribution < 1.29 is 12.9 Å². The maximum atomic E-state index is 12.2. The Morgan fingerprint density at radius 2 is 2.00 bits per heavy atom. The van der Waals surface area contributed by atoms with Crippen molar-refractivity contribution in [3.8, 4) is 0 Å². The lowest BCUT2D eigenvalue weighted by Crippen LogP contribution is -2.43. The lowest BCUT2D eigenvalue weighted by molar-refractivity contribution is 0.390. The normalized spacial score (nSPS) is 13.0. The smallest absolute Gasteiger partial charge is 0.246 e. The average Bonchev–Trinajstić information content (AvgIpc) is 2.43. The molecule has 0 aliphatic carbocycles. The minimum atomic E-state index is -3.62. The lowest BCUT2D eigenvalue weighted by Gasteiger charge is -2.24. The topological polar surface area (TPSA) is 72.2 Å². The molecule has 1 rings (SSSR count). The van der Waals surface area contributed by atoms with E-state index in [4.69, 9.17) is 16.1 Å². The van der Waals surface area contributed by atoms with Crippen molar-refractivity contribution in [3.63, 3.8) is 0 Å². The van der Waals surface area contributed by atoms with Crippen molar-refractivity contribution in [1.82, 2.24) is 9.88 Å². The third kappa shape index (κ3) is 3.43. The molecule has 0 aliphatic rings. The Balaban J connectivity index is 3.06. The molecule has 98 valence electrons. The van der Waals surface area contributed by atoms with Crippen molar-refractivity contribution in [1.29, 1.82) is 0 Å². The van der Waals surface area contributed by atoms with Gasteiger partial charge in [0.15, 0.2) is 5.76 Å². The molecule has 0 amide bonds. The van der Waals surface area contributed by atoms with E-state index in [9.17, 15) is 8.42 Å². The first-order valence-corrected chi connectivity index (χ1v) is 7.24. The lowest BCUT2D eigenvalue weighted by atomic mass is 10.0.